The largest absolute Gasteiger partial charge is 0.451 e. The molecule has 128 valence electrons. The average molecular weight is 336 g/mol. The molecule has 0 unspecified atom stereocenters. The second-order valence-electron chi connectivity index (χ2n) is 6.23. The lowest BCUT2D eigenvalue weighted by atomic mass is 10.1. The Hall–Kier alpha value is -2.89. The number of fused-ring (bicyclic) bond motifs is 1. The highest BCUT2D eigenvalue weighted by Gasteiger charge is 2.15. The van der Waals surface area contributed by atoms with Crippen LogP contribution in [0.3, 0.4) is 0 Å². The van der Waals surface area contributed by atoms with Gasteiger partial charge in [-0.3, -0.25) is 4.79 Å². The quantitative estimate of drug-likeness (QED) is 0.792. The van der Waals surface area contributed by atoms with E-state index in [1.54, 1.807) is 12.3 Å². The molecular weight excluding hydrogens is 316 g/mol. The number of benzene rings is 1. The normalized spacial score (nSPS) is 14.6. The average Bonchev–Trinajstić information content (AvgIpc) is 3.11. The number of carbonyl (C=O) groups excluding carboxylic acids is 1. The van der Waals surface area contributed by atoms with Crippen LogP contribution in [-0.4, -0.2) is 29.0 Å². The maximum atomic E-state index is 12.3. The van der Waals surface area contributed by atoms with Crippen molar-refractivity contribution >= 4 is 22.8 Å². The van der Waals surface area contributed by atoms with Gasteiger partial charge in [-0.2, -0.15) is 0 Å². The van der Waals surface area contributed by atoms with Crippen LogP contribution in [0.5, 0.6) is 0 Å². The molecule has 4 rings (SSSR count). The van der Waals surface area contributed by atoms with E-state index in [0.717, 1.165) is 30.1 Å². The lowest BCUT2D eigenvalue weighted by Gasteiger charge is -2.26. The molecule has 6 nitrogen and oxygen atoms in total. The number of piperidine rings is 1. The number of nitrogens with one attached hydrogen (secondary N) is 1. The number of hydrogen-bond acceptors (Lipinski definition) is 5. The molecule has 1 fully saturated rings. The number of carbonyl (C=O) groups is 1. The summed E-state index contributed by atoms with van der Waals surface area (Å²) in [6, 6.07) is 11.2. The summed E-state index contributed by atoms with van der Waals surface area (Å²) in [6.07, 6.45) is 5.37. The highest BCUT2D eigenvalue weighted by molar-refractivity contribution is 5.95. The van der Waals surface area contributed by atoms with Crippen LogP contribution in [-0.2, 0) is 6.54 Å². The van der Waals surface area contributed by atoms with Crippen LogP contribution in [0.1, 0.15) is 35.5 Å². The van der Waals surface area contributed by atoms with Crippen molar-refractivity contribution < 1.29 is 9.21 Å². The lowest BCUT2D eigenvalue weighted by Crippen LogP contribution is -2.31. The Bertz CT molecular complexity index is 851. The summed E-state index contributed by atoms with van der Waals surface area (Å²) in [5.74, 6) is 0.816. The third-order valence-electron chi connectivity index (χ3n) is 4.42. The van der Waals surface area contributed by atoms with E-state index >= 15 is 0 Å². The Balaban J connectivity index is 1.42. The van der Waals surface area contributed by atoms with Crippen LogP contribution in [0.25, 0.3) is 11.0 Å². The Kier molecular flexibility index (Phi) is 4.33. The van der Waals surface area contributed by atoms with Gasteiger partial charge in [-0.15, -0.1) is 0 Å². The molecule has 0 radical (unpaired) electrons. The van der Waals surface area contributed by atoms with Gasteiger partial charge in [0.15, 0.2) is 5.76 Å². The molecule has 3 heterocycles. The summed E-state index contributed by atoms with van der Waals surface area (Å²) in [4.78, 5) is 23.5. The third kappa shape index (κ3) is 3.47. The Labute approximate surface area is 145 Å². The molecule has 0 aliphatic carbocycles. The van der Waals surface area contributed by atoms with Crippen LogP contribution in [0.4, 0.5) is 5.95 Å². The number of hydrogen-bond donors (Lipinski definition) is 1. The third-order valence-corrected chi connectivity index (χ3v) is 4.42. The predicted molar refractivity (Wildman–Crippen MR) is 95.5 cm³/mol. The van der Waals surface area contributed by atoms with E-state index in [1.165, 1.54) is 19.3 Å². The van der Waals surface area contributed by atoms with Gasteiger partial charge in [0.05, 0.1) is 12.2 Å². The van der Waals surface area contributed by atoms with Gasteiger partial charge in [-0.1, -0.05) is 18.2 Å². The van der Waals surface area contributed by atoms with Gasteiger partial charge in [0.25, 0.3) is 5.91 Å². The topological polar surface area (TPSA) is 71.3 Å². The molecule has 1 N–H and O–H groups in total. The second kappa shape index (κ2) is 6.93. The van der Waals surface area contributed by atoms with E-state index in [9.17, 15) is 4.79 Å². The smallest absolute Gasteiger partial charge is 0.287 e. The van der Waals surface area contributed by atoms with Crippen molar-refractivity contribution in [3.8, 4) is 0 Å². The van der Waals surface area contributed by atoms with Gasteiger partial charge < -0.3 is 14.6 Å². The number of furan rings is 1. The van der Waals surface area contributed by atoms with Crippen LogP contribution < -0.4 is 10.2 Å². The minimum Gasteiger partial charge on any atom is -0.451 e. The van der Waals surface area contributed by atoms with Crippen molar-refractivity contribution in [1.82, 2.24) is 15.3 Å². The van der Waals surface area contributed by atoms with E-state index < -0.39 is 0 Å². The van der Waals surface area contributed by atoms with E-state index in [4.69, 9.17) is 4.42 Å². The zero-order valence-electron chi connectivity index (χ0n) is 13.9. The van der Waals surface area contributed by atoms with E-state index in [0.29, 0.717) is 17.9 Å². The highest BCUT2D eigenvalue weighted by Crippen LogP contribution is 2.19. The van der Waals surface area contributed by atoms with Gasteiger partial charge in [-0.05, 0) is 37.5 Å². The summed E-state index contributed by atoms with van der Waals surface area (Å²) in [6.45, 7) is 2.34. The first-order chi connectivity index (χ1) is 12.3. The Morgan fingerprint density at radius 2 is 2.00 bits per heavy atom. The van der Waals surface area contributed by atoms with Gasteiger partial charge >= 0.3 is 0 Å². The molecule has 2 aromatic heterocycles. The fourth-order valence-electron chi connectivity index (χ4n) is 3.08. The molecule has 1 aliphatic rings. The first-order valence-electron chi connectivity index (χ1n) is 8.63. The first kappa shape index (κ1) is 15.6. The minimum absolute atomic E-state index is 0.241. The fourth-order valence-corrected chi connectivity index (χ4v) is 3.08. The monoisotopic (exact) mass is 336 g/mol. The summed E-state index contributed by atoms with van der Waals surface area (Å²) < 4.78 is 5.58. The highest BCUT2D eigenvalue weighted by atomic mass is 16.3. The van der Waals surface area contributed by atoms with Gasteiger partial charge in [0, 0.05) is 24.7 Å². The number of aromatic nitrogens is 2. The van der Waals surface area contributed by atoms with E-state index in [1.807, 2.05) is 30.3 Å². The van der Waals surface area contributed by atoms with Gasteiger partial charge in [0.2, 0.25) is 5.95 Å². The van der Waals surface area contributed by atoms with Crippen LogP contribution in [0.2, 0.25) is 0 Å². The fraction of sp³-hybridized carbons (Fsp3) is 0.316. The SMILES string of the molecule is O=C(NCc1ccnc(N2CCCCC2)n1)c1cc2ccccc2o1. The minimum atomic E-state index is -0.241. The van der Waals surface area contributed by atoms with Crippen molar-refractivity contribution in [3.05, 3.63) is 54.0 Å². The molecule has 3 aromatic rings. The van der Waals surface area contributed by atoms with Crippen molar-refractivity contribution in [3.63, 3.8) is 0 Å². The Morgan fingerprint density at radius 1 is 1.16 bits per heavy atom. The zero-order valence-corrected chi connectivity index (χ0v) is 13.9. The summed E-state index contributed by atoms with van der Waals surface area (Å²) in [5, 5.41) is 3.78. The van der Waals surface area contributed by atoms with E-state index in [-0.39, 0.29) is 5.91 Å². The second-order valence-corrected chi connectivity index (χ2v) is 6.23. The standard InChI is InChI=1S/C19H20N4O2/c24-18(17-12-14-6-2-3-7-16(14)25-17)21-13-15-8-9-20-19(22-15)23-10-4-1-5-11-23/h2-3,6-9,12H,1,4-5,10-11,13H2,(H,21,24). The molecule has 0 spiro atoms. The van der Waals surface area contributed by atoms with Crippen molar-refractivity contribution in [2.24, 2.45) is 0 Å². The predicted octanol–water partition coefficient (Wildman–Crippen LogP) is 3.14. The lowest BCUT2D eigenvalue weighted by molar-refractivity contribution is 0.0925. The maximum Gasteiger partial charge on any atom is 0.287 e. The molecule has 1 aliphatic heterocycles. The summed E-state index contributed by atoms with van der Waals surface area (Å²) >= 11 is 0. The molecular formula is C19H20N4O2. The molecule has 6 heteroatoms. The first-order valence-corrected chi connectivity index (χ1v) is 8.63. The number of nitrogens with zero attached hydrogens (tertiary/aromatic N) is 3. The van der Waals surface area contributed by atoms with Crippen LogP contribution >= 0.6 is 0 Å². The number of anilines is 1. The van der Waals surface area contributed by atoms with Crippen molar-refractivity contribution in [2.75, 3.05) is 18.0 Å². The van der Waals surface area contributed by atoms with E-state index in [2.05, 4.69) is 20.2 Å². The van der Waals surface area contributed by atoms with Gasteiger partial charge in [0.1, 0.15) is 5.58 Å². The number of para-hydroxylation sites is 1. The van der Waals surface area contributed by atoms with Crippen molar-refractivity contribution in [1.29, 1.82) is 0 Å². The molecule has 0 saturated carbocycles. The molecule has 0 bridgehead atoms. The van der Waals surface area contributed by atoms with Crippen molar-refractivity contribution in [2.45, 2.75) is 25.8 Å². The van der Waals surface area contributed by atoms with Crippen LogP contribution in [0, 0.1) is 0 Å². The maximum absolute atomic E-state index is 12.3. The summed E-state index contributed by atoms with van der Waals surface area (Å²) in [7, 11) is 0. The zero-order chi connectivity index (χ0) is 17.1. The summed E-state index contributed by atoms with van der Waals surface area (Å²) in [5.41, 5.74) is 1.50. The number of amides is 1. The molecule has 25 heavy (non-hydrogen) atoms. The molecule has 1 aromatic carbocycles. The Morgan fingerprint density at radius 3 is 2.84 bits per heavy atom. The van der Waals surface area contributed by atoms with Gasteiger partial charge in [-0.25, -0.2) is 9.97 Å². The number of rotatable bonds is 4. The molecule has 1 saturated heterocycles. The molecule has 1 amide bonds. The molecule has 0 atom stereocenters. The van der Waals surface area contributed by atoms with Crippen LogP contribution in [0.15, 0.2) is 47.0 Å².